The van der Waals surface area contributed by atoms with Crippen molar-refractivity contribution in [3.8, 4) is 5.75 Å². The Balaban J connectivity index is 1.23. The molecule has 0 radical (unpaired) electrons. The lowest BCUT2D eigenvalue weighted by Crippen LogP contribution is -2.47. The highest BCUT2D eigenvalue weighted by molar-refractivity contribution is 7.90. The van der Waals surface area contributed by atoms with Gasteiger partial charge >= 0.3 is 0 Å². The van der Waals surface area contributed by atoms with E-state index in [0.29, 0.717) is 48.9 Å². The molecule has 3 fully saturated rings. The zero-order chi connectivity index (χ0) is 33.8. The number of ether oxygens (including phenoxy) is 3. The maximum Gasteiger partial charge on any atom is 0.264 e. The summed E-state index contributed by atoms with van der Waals surface area (Å²) in [7, 11) is 0.274. The summed E-state index contributed by atoms with van der Waals surface area (Å²) >= 11 is 6.37. The van der Waals surface area contributed by atoms with E-state index in [0.717, 1.165) is 67.9 Å². The molecular formula is C37H50ClN3O6S. The highest BCUT2D eigenvalue weighted by Crippen LogP contribution is 2.77. The fourth-order valence-electron chi connectivity index (χ4n) is 8.95. The van der Waals surface area contributed by atoms with Crippen LogP contribution in [-0.2, 0) is 32.5 Å². The van der Waals surface area contributed by atoms with Gasteiger partial charge in [0.15, 0.2) is 6.29 Å². The van der Waals surface area contributed by atoms with E-state index in [4.69, 9.17) is 25.8 Å². The minimum absolute atomic E-state index is 0.0588. The Hall–Kier alpha value is -2.37. The van der Waals surface area contributed by atoms with E-state index >= 15 is 0 Å². The largest absolute Gasteiger partial charge is 0.487 e. The summed E-state index contributed by atoms with van der Waals surface area (Å²) < 4.78 is 48.5. The van der Waals surface area contributed by atoms with Gasteiger partial charge in [-0.25, -0.2) is 13.1 Å². The van der Waals surface area contributed by atoms with Crippen LogP contribution in [0.5, 0.6) is 5.75 Å². The van der Waals surface area contributed by atoms with Gasteiger partial charge in [0, 0.05) is 29.1 Å². The normalized spacial score (nSPS) is 35.2. The first-order valence-electron chi connectivity index (χ1n) is 17.7. The minimum Gasteiger partial charge on any atom is -0.487 e. The number of likely N-dealkylation sites (N-methyl/N-ethyl adjacent to an activating group) is 1. The lowest BCUT2D eigenvalue weighted by Gasteiger charge is -2.38. The van der Waals surface area contributed by atoms with Gasteiger partial charge < -0.3 is 24.0 Å². The first kappa shape index (κ1) is 34.1. The second-order valence-electron chi connectivity index (χ2n) is 15.3. The van der Waals surface area contributed by atoms with E-state index in [-0.39, 0.29) is 35.3 Å². The molecule has 48 heavy (non-hydrogen) atoms. The Morgan fingerprint density at radius 3 is 2.58 bits per heavy atom. The van der Waals surface area contributed by atoms with Crippen molar-refractivity contribution in [2.45, 2.75) is 71.3 Å². The van der Waals surface area contributed by atoms with Gasteiger partial charge in [-0.3, -0.25) is 4.79 Å². The molecule has 1 amide bonds. The maximum atomic E-state index is 13.4. The fourth-order valence-corrected chi connectivity index (χ4v) is 10.7. The minimum atomic E-state index is -3.86. The van der Waals surface area contributed by atoms with Gasteiger partial charge in [0.2, 0.25) is 10.0 Å². The molecule has 9 nitrogen and oxygen atoms in total. The Kier molecular flexibility index (Phi) is 9.52. The highest BCUT2D eigenvalue weighted by atomic mass is 35.5. The maximum absolute atomic E-state index is 13.4. The van der Waals surface area contributed by atoms with Crippen LogP contribution in [0.25, 0.3) is 0 Å². The number of aryl methyl sites for hydroxylation is 1. The summed E-state index contributed by atoms with van der Waals surface area (Å²) in [6, 6.07) is 11.5. The van der Waals surface area contributed by atoms with E-state index in [9.17, 15) is 13.2 Å². The molecule has 2 aromatic carbocycles. The molecule has 2 aromatic rings. The van der Waals surface area contributed by atoms with Gasteiger partial charge in [-0.2, -0.15) is 0 Å². The number of halogens is 1. The highest BCUT2D eigenvalue weighted by Gasteiger charge is 2.77. The third kappa shape index (κ3) is 6.60. The Labute approximate surface area is 290 Å². The lowest BCUT2D eigenvalue weighted by atomic mass is 9.84. The van der Waals surface area contributed by atoms with Crippen LogP contribution in [0.3, 0.4) is 0 Å². The molecule has 6 atom stereocenters. The molecule has 1 N–H and O–H groups in total. The number of fused-ring (bicyclic) bond motifs is 3. The predicted molar refractivity (Wildman–Crippen MR) is 187 cm³/mol. The van der Waals surface area contributed by atoms with Crippen LogP contribution in [0, 0.1) is 35.0 Å². The van der Waals surface area contributed by atoms with Crippen molar-refractivity contribution in [1.82, 2.24) is 9.62 Å². The number of carbonyl (C=O) groups is 1. The van der Waals surface area contributed by atoms with Crippen LogP contribution >= 0.6 is 11.6 Å². The summed E-state index contributed by atoms with van der Waals surface area (Å²) in [4.78, 5) is 18.0. The fraction of sp³-hybridized carbons (Fsp3) is 0.649. The molecule has 3 aliphatic heterocycles. The zero-order valence-corrected chi connectivity index (χ0v) is 30.2. The molecule has 2 unspecified atom stereocenters. The molecule has 3 heterocycles. The van der Waals surface area contributed by atoms with E-state index in [1.807, 2.05) is 37.3 Å². The summed E-state index contributed by atoms with van der Waals surface area (Å²) in [5.74, 6) is 1.50. The number of benzene rings is 2. The zero-order valence-electron chi connectivity index (χ0n) is 28.6. The van der Waals surface area contributed by atoms with Crippen molar-refractivity contribution in [1.29, 1.82) is 0 Å². The van der Waals surface area contributed by atoms with Crippen molar-refractivity contribution in [3.63, 3.8) is 0 Å². The molecule has 0 spiro atoms. The standard InChI is InChI=1S/C37H50ClN3O6S/c1-23-12-13-37(36-46-20-30(21-47-36)40(3)4)31-16-28(34(31)37)18-41-14-6-5-7-25-15-29(38)10-8-27(25)19-45-33-11-9-26(17-32(33)41)35(42)39-48(43,44)22-24(23)2/h8-11,15,17,23-24,28,30-31,34,36H,5-7,12-14,16,18-22H2,1-4H3,(H,39,42)/t23-,24+,28-,30-,31?,34-,36+,37?/m0/s1. The second-order valence-corrected chi connectivity index (χ2v) is 17.6. The molecule has 1 saturated heterocycles. The molecule has 5 aliphatic rings. The molecule has 0 aromatic heterocycles. The number of nitrogens with one attached hydrogen (secondary N) is 1. The molecule has 11 heteroatoms. The first-order chi connectivity index (χ1) is 22.9. The smallest absolute Gasteiger partial charge is 0.264 e. The third-order valence-electron chi connectivity index (χ3n) is 12.2. The van der Waals surface area contributed by atoms with E-state index in [1.54, 1.807) is 6.07 Å². The first-order valence-corrected chi connectivity index (χ1v) is 19.7. The number of nitrogens with zero attached hydrogens (tertiary/aromatic N) is 2. The van der Waals surface area contributed by atoms with Crippen molar-refractivity contribution < 1.29 is 27.4 Å². The van der Waals surface area contributed by atoms with E-state index in [1.165, 1.54) is 5.56 Å². The lowest BCUT2D eigenvalue weighted by molar-refractivity contribution is -0.237. The van der Waals surface area contributed by atoms with Gasteiger partial charge in [0.05, 0.1) is 30.7 Å². The van der Waals surface area contributed by atoms with Crippen molar-refractivity contribution in [2.24, 2.45) is 35.0 Å². The number of anilines is 1. The van der Waals surface area contributed by atoms with Crippen LogP contribution in [-0.4, -0.2) is 77.7 Å². The monoisotopic (exact) mass is 699 g/mol. The van der Waals surface area contributed by atoms with Gasteiger partial charge in [0.1, 0.15) is 12.4 Å². The van der Waals surface area contributed by atoms with Gasteiger partial charge in [0.25, 0.3) is 5.91 Å². The number of rotatable bonds is 2. The second kappa shape index (κ2) is 13.4. The summed E-state index contributed by atoms with van der Waals surface area (Å²) in [5.41, 5.74) is 3.38. The summed E-state index contributed by atoms with van der Waals surface area (Å²) in [6.45, 7) is 7.43. The topological polar surface area (TPSA) is 97.4 Å². The number of hydrogen-bond acceptors (Lipinski definition) is 8. The molecule has 7 rings (SSSR count). The molecule has 262 valence electrons. The van der Waals surface area contributed by atoms with Gasteiger partial charge in [-0.05, 0) is 124 Å². The number of hydrogen-bond donors (Lipinski definition) is 1. The number of carbonyl (C=O) groups excluding carboxylic acids is 1. The third-order valence-corrected chi connectivity index (χ3v) is 13.9. The molecular weight excluding hydrogens is 650 g/mol. The van der Waals surface area contributed by atoms with Crippen LogP contribution < -0.4 is 14.4 Å². The molecule has 2 aliphatic carbocycles. The molecule has 2 bridgehead atoms. The van der Waals surface area contributed by atoms with E-state index < -0.39 is 15.9 Å². The van der Waals surface area contributed by atoms with Crippen LogP contribution in [0.15, 0.2) is 36.4 Å². The van der Waals surface area contributed by atoms with Gasteiger partial charge in [-0.15, -0.1) is 0 Å². The van der Waals surface area contributed by atoms with E-state index in [2.05, 4.69) is 35.5 Å². The Morgan fingerprint density at radius 1 is 1.02 bits per heavy atom. The van der Waals surface area contributed by atoms with Crippen LogP contribution in [0.1, 0.15) is 67.4 Å². The van der Waals surface area contributed by atoms with Crippen molar-refractivity contribution >= 4 is 33.2 Å². The van der Waals surface area contributed by atoms with Crippen molar-refractivity contribution in [2.75, 3.05) is 51.1 Å². The Bertz CT molecular complexity index is 1630. The number of amides is 1. The quantitative estimate of drug-likeness (QED) is 0.424. The van der Waals surface area contributed by atoms with Crippen LogP contribution in [0.2, 0.25) is 5.02 Å². The average Bonchev–Trinajstić information content (AvgIpc) is 3.60. The van der Waals surface area contributed by atoms with Gasteiger partial charge in [-0.1, -0.05) is 31.5 Å². The van der Waals surface area contributed by atoms with Crippen molar-refractivity contribution in [3.05, 3.63) is 58.1 Å². The summed E-state index contributed by atoms with van der Waals surface area (Å²) in [5, 5.41) is 0.722. The van der Waals surface area contributed by atoms with Crippen LogP contribution in [0.4, 0.5) is 5.69 Å². The SMILES string of the molecule is C[C@@H]1CS(=O)(=O)NC(=O)c2ccc3c(c2)N(CCCCc2cc(Cl)ccc2CO3)C[C@@H]2CC3[C@H]2C3([C@H]2OC[C@@H](N(C)C)CO2)CC[C@@H]1C. The summed E-state index contributed by atoms with van der Waals surface area (Å²) in [6.07, 6.45) is 5.55. The average molecular weight is 700 g/mol. The Morgan fingerprint density at radius 2 is 1.81 bits per heavy atom. The number of sulfonamides is 1. The predicted octanol–water partition coefficient (Wildman–Crippen LogP) is 5.74. The molecule has 2 saturated carbocycles.